The number of rotatable bonds is 4. The molecule has 2 heterocycles. The molecule has 0 aliphatic heterocycles. The molecular formula is C14H10Cl2N2O2S. The number of hydrogen-bond donors (Lipinski definition) is 0. The molecule has 0 spiro atoms. The van der Waals surface area contributed by atoms with Crippen molar-refractivity contribution in [3.63, 3.8) is 0 Å². The van der Waals surface area contributed by atoms with E-state index in [1.807, 2.05) is 6.92 Å². The molecule has 0 unspecified atom stereocenters. The van der Waals surface area contributed by atoms with Crippen molar-refractivity contribution in [2.24, 2.45) is 0 Å². The summed E-state index contributed by atoms with van der Waals surface area (Å²) in [5, 5.41) is 5.03. The Balaban J connectivity index is 1.81. The molecule has 0 saturated heterocycles. The van der Waals surface area contributed by atoms with Gasteiger partial charge >= 0.3 is 0 Å². The van der Waals surface area contributed by atoms with Crippen LogP contribution in [0.3, 0.4) is 0 Å². The minimum Gasteiger partial charge on any atom is -0.461 e. The second kappa shape index (κ2) is 6.13. The van der Waals surface area contributed by atoms with E-state index in [-0.39, 0.29) is 5.25 Å². The van der Waals surface area contributed by atoms with E-state index in [0.717, 1.165) is 4.90 Å². The maximum absolute atomic E-state index is 6.16. The van der Waals surface area contributed by atoms with Gasteiger partial charge in [0.25, 0.3) is 0 Å². The van der Waals surface area contributed by atoms with Gasteiger partial charge in [-0.25, -0.2) is 0 Å². The first-order valence-corrected chi connectivity index (χ1v) is 7.77. The first-order chi connectivity index (χ1) is 10.1. The molecule has 1 aromatic carbocycles. The molecule has 2 aromatic heterocycles. The Morgan fingerprint density at radius 3 is 2.57 bits per heavy atom. The van der Waals surface area contributed by atoms with Gasteiger partial charge in [0.1, 0.15) is 0 Å². The summed E-state index contributed by atoms with van der Waals surface area (Å²) in [6, 6.07) is 8.95. The Morgan fingerprint density at radius 1 is 1.14 bits per heavy atom. The van der Waals surface area contributed by atoms with Crippen LogP contribution < -0.4 is 0 Å². The highest BCUT2D eigenvalue weighted by Crippen LogP contribution is 2.42. The maximum Gasteiger partial charge on any atom is 0.240 e. The number of thioether (sulfide) groups is 1. The van der Waals surface area contributed by atoms with E-state index in [1.54, 1.807) is 36.6 Å². The third kappa shape index (κ3) is 3.10. The second-order valence-corrected chi connectivity index (χ2v) is 6.41. The highest BCUT2D eigenvalue weighted by Gasteiger charge is 2.19. The average molecular weight is 341 g/mol. The van der Waals surface area contributed by atoms with Crippen molar-refractivity contribution in [3.05, 3.63) is 52.5 Å². The molecule has 0 N–H and O–H groups in total. The molecule has 0 saturated carbocycles. The summed E-state index contributed by atoms with van der Waals surface area (Å²) < 4.78 is 10.5. The Kier molecular flexibility index (Phi) is 4.24. The Morgan fingerprint density at radius 2 is 1.90 bits per heavy atom. The van der Waals surface area contributed by atoms with Crippen LogP contribution in [0.5, 0.6) is 0 Å². The molecule has 0 fully saturated rings. The van der Waals surface area contributed by atoms with Crippen molar-refractivity contribution in [1.29, 1.82) is 0 Å². The summed E-state index contributed by atoms with van der Waals surface area (Å²) >= 11 is 13.8. The summed E-state index contributed by atoms with van der Waals surface area (Å²) in [5.74, 6) is 1.48. The van der Waals surface area contributed by atoms with Gasteiger partial charge in [0, 0.05) is 4.90 Å². The zero-order valence-electron chi connectivity index (χ0n) is 10.9. The minimum absolute atomic E-state index is 0.0846. The normalized spacial score (nSPS) is 12.5. The Hall–Kier alpha value is -1.43. The highest BCUT2D eigenvalue weighted by atomic mass is 35.5. The summed E-state index contributed by atoms with van der Waals surface area (Å²) in [4.78, 5) is 5.13. The summed E-state index contributed by atoms with van der Waals surface area (Å²) in [5.41, 5.74) is 0. The molecule has 3 aromatic rings. The highest BCUT2D eigenvalue weighted by molar-refractivity contribution is 7.99. The van der Waals surface area contributed by atoms with E-state index < -0.39 is 0 Å². The van der Waals surface area contributed by atoms with Crippen molar-refractivity contribution in [3.8, 4) is 11.6 Å². The molecule has 4 nitrogen and oxygen atoms in total. The number of halogens is 2. The molecule has 0 aliphatic carbocycles. The van der Waals surface area contributed by atoms with Gasteiger partial charge in [-0.2, -0.15) is 4.98 Å². The van der Waals surface area contributed by atoms with Gasteiger partial charge < -0.3 is 8.94 Å². The van der Waals surface area contributed by atoms with Crippen LogP contribution >= 0.6 is 35.0 Å². The third-order valence-electron chi connectivity index (χ3n) is 2.74. The van der Waals surface area contributed by atoms with E-state index >= 15 is 0 Å². The number of benzene rings is 1. The van der Waals surface area contributed by atoms with Gasteiger partial charge in [-0.05, 0) is 31.2 Å². The predicted octanol–water partition coefficient (Wildman–Crippen LogP) is 5.49. The van der Waals surface area contributed by atoms with E-state index in [0.29, 0.717) is 27.5 Å². The molecular weight excluding hydrogens is 331 g/mol. The van der Waals surface area contributed by atoms with Crippen LogP contribution in [0.1, 0.15) is 18.1 Å². The van der Waals surface area contributed by atoms with Crippen LogP contribution in [-0.4, -0.2) is 10.1 Å². The van der Waals surface area contributed by atoms with Gasteiger partial charge in [0.05, 0.1) is 21.6 Å². The van der Waals surface area contributed by atoms with Crippen LogP contribution in [-0.2, 0) is 0 Å². The lowest BCUT2D eigenvalue weighted by atomic mass is 10.4. The molecule has 7 heteroatoms. The zero-order chi connectivity index (χ0) is 14.8. The lowest BCUT2D eigenvalue weighted by molar-refractivity contribution is 0.379. The average Bonchev–Trinajstić information content (AvgIpc) is 3.12. The van der Waals surface area contributed by atoms with Crippen molar-refractivity contribution < 1.29 is 8.94 Å². The summed E-state index contributed by atoms with van der Waals surface area (Å²) in [6.07, 6.45) is 1.56. The molecule has 1 atom stereocenters. The Labute approximate surface area is 135 Å². The monoisotopic (exact) mass is 340 g/mol. The molecule has 0 bridgehead atoms. The van der Waals surface area contributed by atoms with Crippen LogP contribution in [0.15, 0.2) is 50.4 Å². The maximum atomic E-state index is 6.16. The van der Waals surface area contributed by atoms with Crippen molar-refractivity contribution in [1.82, 2.24) is 10.1 Å². The van der Waals surface area contributed by atoms with Gasteiger partial charge in [0.2, 0.25) is 11.7 Å². The quantitative estimate of drug-likeness (QED) is 0.587. The number of nitrogens with zero attached hydrogens (tertiary/aromatic N) is 2. The first-order valence-electron chi connectivity index (χ1n) is 6.13. The standard InChI is InChI=1S/C14H10Cl2N2O2S/c1-8(21-12-9(15)4-2-5-10(12)16)14-17-13(18-20-14)11-6-3-7-19-11/h2-8H,1H3/t8-/m1/s1. The smallest absolute Gasteiger partial charge is 0.240 e. The number of furan rings is 1. The van der Waals surface area contributed by atoms with E-state index in [9.17, 15) is 0 Å². The minimum atomic E-state index is -0.0846. The number of aromatic nitrogens is 2. The lowest BCUT2D eigenvalue weighted by Crippen LogP contribution is -1.90. The van der Waals surface area contributed by atoms with Gasteiger partial charge in [0.15, 0.2) is 5.76 Å². The molecule has 0 aliphatic rings. The van der Waals surface area contributed by atoms with Gasteiger partial charge in [-0.15, -0.1) is 11.8 Å². The van der Waals surface area contributed by atoms with E-state index in [2.05, 4.69) is 10.1 Å². The van der Waals surface area contributed by atoms with Crippen molar-refractivity contribution >= 4 is 35.0 Å². The molecule has 0 radical (unpaired) electrons. The zero-order valence-corrected chi connectivity index (χ0v) is 13.2. The summed E-state index contributed by atoms with van der Waals surface area (Å²) in [7, 11) is 0. The van der Waals surface area contributed by atoms with Crippen LogP contribution in [0.25, 0.3) is 11.6 Å². The molecule has 108 valence electrons. The predicted molar refractivity (Wildman–Crippen MR) is 82.7 cm³/mol. The largest absolute Gasteiger partial charge is 0.461 e. The molecule has 0 amide bonds. The first kappa shape index (κ1) is 14.5. The van der Waals surface area contributed by atoms with E-state index in [4.69, 9.17) is 32.1 Å². The molecule has 3 rings (SSSR count). The molecule has 21 heavy (non-hydrogen) atoms. The summed E-state index contributed by atoms with van der Waals surface area (Å²) in [6.45, 7) is 1.95. The number of hydrogen-bond acceptors (Lipinski definition) is 5. The van der Waals surface area contributed by atoms with Crippen molar-refractivity contribution in [2.45, 2.75) is 17.1 Å². The fraction of sp³-hybridized carbons (Fsp3) is 0.143. The topological polar surface area (TPSA) is 52.1 Å². The van der Waals surface area contributed by atoms with E-state index in [1.165, 1.54) is 11.8 Å². The fourth-order valence-electron chi connectivity index (χ4n) is 1.73. The van der Waals surface area contributed by atoms with Gasteiger partial charge in [-0.1, -0.05) is 34.4 Å². The van der Waals surface area contributed by atoms with Crippen LogP contribution in [0, 0.1) is 0 Å². The van der Waals surface area contributed by atoms with Crippen LogP contribution in [0.4, 0.5) is 0 Å². The fourth-order valence-corrected chi connectivity index (χ4v) is 3.30. The van der Waals surface area contributed by atoms with Crippen LogP contribution in [0.2, 0.25) is 10.0 Å². The second-order valence-electron chi connectivity index (χ2n) is 4.24. The lowest BCUT2D eigenvalue weighted by Gasteiger charge is -2.09. The van der Waals surface area contributed by atoms with Crippen molar-refractivity contribution in [2.75, 3.05) is 0 Å². The Bertz CT molecular complexity index is 723. The van der Waals surface area contributed by atoms with Gasteiger partial charge in [-0.3, -0.25) is 0 Å². The SMILES string of the molecule is C[C@@H](Sc1c(Cl)cccc1Cl)c1nc(-c2ccco2)no1. The third-order valence-corrected chi connectivity index (χ3v) is 4.83.